The number of pyridine rings is 1. The Morgan fingerprint density at radius 1 is 1.57 bits per heavy atom. The fourth-order valence-electron chi connectivity index (χ4n) is 1.25. The molecule has 0 aromatic carbocycles. The van der Waals surface area contributed by atoms with E-state index in [4.69, 9.17) is 5.11 Å². The summed E-state index contributed by atoms with van der Waals surface area (Å²) in [6.45, 7) is 5.72. The third-order valence-electron chi connectivity index (χ3n) is 2.11. The standard InChI is InChI=1S/C10H15BrN2O/c1-3-13(4-5-14)10-6-8(2)9(11)7-12-10/h6-7,14H,3-5H2,1-2H3. The van der Waals surface area contributed by atoms with Crippen LogP contribution in [0.25, 0.3) is 0 Å². The highest BCUT2D eigenvalue weighted by molar-refractivity contribution is 9.10. The van der Waals surface area contributed by atoms with Crippen molar-refractivity contribution in [2.24, 2.45) is 0 Å². The number of aliphatic hydroxyl groups is 1. The van der Waals surface area contributed by atoms with Crippen LogP contribution in [-0.4, -0.2) is 29.8 Å². The first-order chi connectivity index (χ1) is 6.69. The lowest BCUT2D eigenvalue weighted by Crippen LogP contribution is -2.27. The molecular weight excluding hydrogens is 244 g/mol. The van der Waals surface area contributed by atoms with Crippen LogP contribution in [0.3, 0.4) is 0 Å². The zero-order valence-electron chi connectivity index (χ0n) is 8.50. The minimum absolute atomic E-state index is 0.157. The highest BCUT2D eigenvalue weighted by Crippen LogP contribution is 2.19. The first-order valence-corrected chi connectivity index (χ1v) is 5.46. The molecule has 4 heteroatoms. The Kier molecular flexibility index (Phi) is 4.35. The van der Waals surface area contributed by atoms with Gasteiger partial charge in [-0.3, -0.25) is 0 Å². The van der Waals surface area contributed by atoms with E-state index < -0.39 is 0 Å². The summed E-state index contributed by atoms with van der Waals surface area (Å²) in [4.78, 5) is 6.34. The van der Waals surface area contributed by atoms with Gasteiger partial charge in [-0.25, -0.2) is 4.98 Å². The van der Waals surface area contributed by atoms with E-state index in [0.29, 0.717) is 6.54 Å². The molecule has 0 atom stereocenters. The second-order valence-electron chi connectivity index (χ2n) is 3.09. The molecule has 0 saturated carbocycles. The minimum Gasteiger partial charge on any atom is -0.395 e. The molecule has 0 fully saturated rings. The maximum Gasteiger partial charge on any atom is 0.128 e. The van der Waals surface area contributed by atoms with Crippen LogP contribution in [0.15, 0.2) is 16.7 Å². The molecule has 14 heavy (non-hydrogen) atoms. The second-order valence-corrected chi connectivity index (χ2v) is 3.95. The number of aliphatic hydroxyl groups excluding tert-OH is 1. The normalized spacial score (nSPS) is 10.3. The summed E-state index contributed by atoms with van der Waals surface area (Å²) in [5.41, 5.74) is 1.16. The maximum absolute atomic E-state index is 8.87. The maximum atomic E-state index is 8.87. The fraction of sp³-hybridized carbons (Fsp3) is 0.500. The van der Waals surface area contributed by atoms with Crippen molar-refractivity contribution < 1.29 is 5.11 Å². The lowest BCUT2D eigenvalue weighted by Gasteiger charge is -2.21. The fourth-order valence-corrected chi connectivity index (χ4v) is 1.47. The van der Waals surface area contributed by atoms with Crippen molar-refractivity contribution in [2.75, 3.05) is 24.6 Å². The van der Waals surface area contributed by atoms with E-state index in [1.165, 1.54) is 0 Å². The molecule has 78 valence electrons. The molecular formula is C10H15BrN2O. The van der Waals surface area contributed by atoms with Gasteiger partial charge in [0.25, 0.3) is 0 Å². The molecule has 0 aliphatic heterocycles. The summed E-state index contributed by atoms with van der Waals surface area (Å²) in [7, 11) is 0. The van der Waals surface area contributed by atoms with Crippen molar-refractivity contribution in [1.82, 2.24) is 4.98 Å². The topological polar surface area (TPSA) is 36.4 Å². The van der Waals surface area contributed by atoms with Crippen LogP contribution >= 0.6 is 15.9 Å². The molecule has 1 N–H and O–H groups in total. The molecule has 0 unspecified atom stereocenters. The average Bonchev–Trinajstić information content (AvgIpc) is 2.19. The van der Waals surface area contributed by atoms with Gasteiger partial charge in [0, 0.05) is 23.8 Å². The van der Waals surface area contributed by atoms with Crippen molar-refractivity contribution in [3.63, 3.8) is 0 Å². The number of aryl methyl sites for hydroxylation is 1. The van der Waals surface area contributed by atoms with Crippen molar-refractivity contribution >= 4 is 21.7 Å². The SMILES string of the molecule is CCN(CCO)c1cc(C)c(Br)cn1. The predicted molar refractivity (Wildman–Crippen MR) is 61.6 cm³/mol. The summed E-state index contributed by atoms with van der Waals surface area (Å²) in [5.74, 6) is 0.919. The number of anilines is 1. The smallest absolute Gasteiger partial charge is 0.128 e. The first kappa shape index (κ1) is 11.5. The quantitative estimate of drug-likeness (QED) is 0.898. The van der Waals surface area contributed by atoms with Crippen LogP contribution in [0.1, 0.15) is 12.5 Å². The van der Waals surface area contributed by atoms with Gasteiger partial charge in [-0.2, -0.15) is 0 Å². The van der Waals surface area contributed by atoms with E-state index in [1.807, 2.05) is 17.9 Å². The Hall–Kier alpha value is -0.610. The van der Waals surface area contributed by atoms with Crippen LogP contribution in [0.2, 0.25) is 0 Å². The van der Waals surface area contributed by atoms with Gasteiger partial charge >= 0.3 is 0 Å². The third kappa shape index (κ3) is 2.69. The van der Waals surface area contributed by atoms with E-state index in [2.05, 4.69) is 27.8 Å². The lowest BCUT2D eigenvalue weighted by molar-refractivity contribution is 0.302. The van der Waals surface area contributed by atoms with Gasteiger partial charge in [-0.15, -0.1) is 0 Å². The number of rotatable bonds is 4. The summed E-state index contributed by atoms with van der Waals surface area (Å²) < 4.78 is 1.02. The molecule has 1 rings (SSSR count). The van der Waals surface area contributed by atoms with Crippen molar-refractivity contribution in [1.29, 1.82) is 0 Å². The molecule has 0 aliphatic carbocycles. The number of nitrogens with zero attached hydrogens (tertiary/aromatic N) is 2. The summed E-state index contributed by atoms with van der Waals surface area (Å²) >= 11 is 3.41. The average molecular weight is 259 g/mol. The van der Waals surface area contributed by atoms with Crippen LogP contribution in [0.5, 0.6) is 0 Å². The Morgan fingerprint density at radius 3 is 2.79 bits per heavy atom. The molecule has 0 radical (unpaired) electrons. The molecule has 1 aromatic heterocycles. The number of halogens is 1. The first-order valence-electron chi connectivity index (χ1n) is 4.67. The molecule has 0 spiro atoms. The molecule has 1 heterocycles. The van der Waals surface area contributed by atoms with Crippen molar-refractivity contribution in [3.05, 3.63) is 22.3 Å². The van der Waals surface area contributed by atoms with E-state index >= 15 is 0 Å². The minimum atomic E-state index is 0.157. The Labute approximate surface area is 92.9 Å². The van der Waals surface area contributed by atoms with Crippen molar-refractivity contribution in [3.8, 4) is 0 Å². The van der Waals surface area contributed by atoms with Gasteiger partial charge in [0.2, 0.25) is 0 Å². The molecule has 0 saturated heterocycles. The Morgan fingerprint density at radius 2 is 2.29 bits per heavy atom. The van der Waals surface area contributed by atoms with Gasteiger partial charge in [0.05, 0.1) is 6.61 Å². The van der Waals surface area contributed by atoms with Crippen LogP contribution in [-0.2, 0) is 0 Å². The molecule has 0 aliphatic rings. The van der Waals surface area contributed by atoms with Gasteiger partial charge in [-0.1, -0.05) is 0 Å². The van der Waals surface area contributed by atoms with E-state index in [0.717, 1.165) is 22.4 Å². The van der Waals surface area contributed by atoms with Gasteiger partial charge < -0.3 is 10.0 Å². The monoisotopic (exact) mass is 258 g/mol. The number of likely N-dealkylation sites (N-methyl/N-ethyl adjacent to an activating group) is 1. The molecule has 0 bridgehead atoms. The number of hydrogen-bond donors (Lipinski definition) is 1. The lowest BCUT2D eigenvalue weighted by atomic mass is 10.3. The number of hydrogen-bond acceptors (Lipinski definition) is 3. The van der Waals surface area contributed by atoms with E-state index in [9.17, 15) is 0 Å². The van der Waals surface area contributed by atoms with E-state index in [-0.39, 0.29) is 6.61 Å². The summed E-state index contributed by atoms with van der Waals surface area (Å²) in [5, 5.41) is 8.87. The van der Waals surface area contributed by atoms with Crippen LogP contribution in [0.4, 0.5) is 5.82 Å². The predicted octanol–water partition coefficient (Wildman–Crippen LogP) is 1.97. The second kappa shape index (κ2) is 5.32. The number of aromatic nitrogens is 1. The summed E-state index contributed by atoms with van der Waals surface area (Å²) in [6, 6.07) is 2.02. The zero-order valence-corrected chi connectivity index (χ0v) is 10.1. The molecule has 3 nitrogen and oxygen atoms in total. The summed E-state index contributed by atoms with van der Waals surface area (Å²) in [6.07, 6.45) is 1.80. The van der Waals surface area contributed by atoms with E-state index in [1.54, 1.807) is 6.20 Å². The molecule has 1 aromatic rings. The largest absolute Gasteiger partial charge is 0.395 e. The van der Waals surface area contributed by atoms with Crippen molar-refractivity contribution in [2.45, 2.75) is 13.8 Å². The van der Waals surface area contributed by atoms with Gasteiger partial charge in [-0.05, 0) is 41.4 Å². The zero-order chi connectivity index (χ0) is 10.6. The van der Waals surface area contributed by atoms with Gasteiger partial charge in [0.1, 0.15) is 5.82 Å². The third-order valence-corrected chi connectivity index (χ3v) is 2.94. The van der Waals surface area contributed by atoms with Crippen LogP contribution in [0, 0.1) is 6.92 Å². The highest BCUT2D eigenvalue weighted by Gasteiger charge is 2.05. The van der Waals surface area contributed by atoms with Gasteiger partial charge in [0.15, 0.2) is 0 Å². The highest BCUT2D eigenvalue weighted by atomic mass is 79.9. The Bertz CT molecular complexity index is 304. The van der Waals surface area contributed by atoms with Crippen LogP contribution < -0.4 is 4.90 Å². The molecule has 0 amide bonds. The Balaban J connectivity index is 2.88.